The van der Waals surface area contributed by atoms with Crippen LogP contribution < -0.4 is 14.2 Å². The van der Waals surface area contributed by atoms with Crippen LogP contribution in [0.4, 0.5) is 0 Å². The molecule has 0 heterocycles. The Hall–Kier alpha value is -3.27. The highest BCUT2D eigenvalue weighted by molar-refractivity contribution is 5.84. The molecule has 0 unspecified atom stereocenters. The summed E-state index contributed by atoms with van der Waals surface area (Å²) in [5, 5.41) is 0. The van der Waals surface area contributed by atoms with Crippen molar-refractivity contribution < 1.29 is 19.0 Å². The van der Waals surface area contributed by atoms with Crippen molar-refractivity contribution in [3.05, 3.63) is 77.9 Å². The molecular formula is C22H20O4. The summed E-state index contributed by atoms with van der Waals surface area (Å²) in [4.78, 5) is 11.1. The minimum absolute atomic E-state index is 0.505. The molecule has 0 fully saturated rings. The minimum Gasteiger partial charge on any atom is -0.496 e. The van der Waals surface area contributed by atoms with Crippen molar-refractivity contribution in [3.8, 4) is 28.4 Å². The van der Waals surface area contributed by atoms with E-state index in [-0.39, 0.29) is 0 Å². The van der Waals surface area contributed by atoms with Crippen molar-refractivity contribution in [2.45, 2.75) is 6.61 Å². The van der Waals surface area contributed by atoms with E-state index in [0.717, 1.165) is 28.7 Å². The van der Waals surface area contributed by atoms with E-state index in [9.17, 15) is 4.79 Å². The highest BCUT2D eigenvalue weighted by Gasteiger charge is 2.14. The molecule has 0 atom stereocenters. The number of aldehydes is 1. The standard InChI is InChI=1S/C22H20O4/c1-24-20-12-17(14-23)13-21(25-2)22(20)18-8-10-19(11-9-18)26-15-16-6-4-3-5-7-16/h3-14H,15H2,1-2H3. The van der Waals surface area contributed by atoms with Gasteiger partial charge in [-0.3, -0.25) is 4.79 Å². The Morgan fingerprint density at radius 1 is 0.846 bits per heavy atom. The fraction of sp³-hybridized carbons (Fsp3) is 0.136. The second-order valence-corrected chi connectivity index (χ2v) is 5.72. The summed E-state index contributed by atoms with van der Waals surface area (Å²) in [7, 11) is 3.15. The smallest absolute Gasteiger partial charge is 0.150 e. The van der Waals surface area contributed by atoms with Crippen LogP contribution in [0.2, 0.25) is 0 Å². The predicted octanol–water partition coefficient (Wildman–Crippen LogP) is 4.76. The molecule has 0 spiro atoms. The number of carbonyl (C=O) groups is 1. The maximum absolute atomic E-state index is 11.1. The zero-order chi connectivity index (χ0) is 18.4. The van der Waals surface area contributed by atoms with E-state index in [1.807, 2.05) is 54.6 Å². The van der Waals surface area contributed by atoms with E-state index in [1.165, 1.54) is 0 Å². The third-order valence-electron chi connectivity index (χ3n) is 4.06. The molecule has 3 aromatic rings. The third kappa shape index (κ3) is 3.86. The lowest BCUT2D eigenvalue weighted by Crippen LogP contribution is -1.97. The highest BCUT2D eigenvalue weighted by atomic mass is 16.5. The zero-order valence-corrected chi connectivity index (χ0v) is 14.8. The summed E-state index contributed by atoms with van der Waals surface area (Å²) in [5.74, 6) is 1.95. The van der Waals surface area contributed by atoms with Gasteiger partial charge in [-0.1, -0.05) is 42.5 Å². The van der Waals surface area contributed by atoms with Crippen LogP contribution in [-0.4, -0.2) is 20.5 Å². The van der Waals surface area contributed by atoms with E-state index < -0.39 is 0 Å². The van der Waals surface area contributed by atoms with Gasteiger partial charge in [-0.05, 0) is 35.4 Å². The van der Waals surface area contributed by atoms with Gasteiger partial charge in [-0.15, -0.1) is 0 Å². The van der Waals surface area contributed by atoms with Crippen LogP contribution in [0.15, 0.2) is 66.7 Å². The fourth-order valence-electron chi connectivity index (χ4n) is 2.74. The summed E-state index contributed by atoms with van der Waals surface area (Å²) >= 11 is 0. The molecule has 132 valence electrons. The molecule has 0 aliphatic heterocycles. The van der Waals surface area contributed by atoms with Gasteiger partial charge in [-0.25, -0.2) is 0 Å². The Morgan fingerprint density at radius 3 is 2.00 bits per heavy atom. The molecule has 26 heavy (non-hydrogen) atoms. The molecule has 4 heteroatoms. The van der Waals surface area contributed by atoms with E-state index in [1.54, 1.807) is 26.4 Å². The van der Waals surface area contributed by atoms with Crippen molar-refractivity contribution in [3.63, 3.8) is 0 Å². The monoisotopic (exact) mass is 348 g/mol. The van der Waals surface area contributed by atoms with Crippen LogP contribution in [0.5, 0.6) is 17.2 Å². The molecule has 0 saturated carbocycles. The summed E-state index contributed by atoms with van der Waals surface area (Å²) in [6.07, 6.45) is 0.773. The third-order valence-corrected chi connectivity index (χ3v) is 4.06. The molecule has 0 N–H and O–H groups in total. The number of carbonyl (C=O) groups excluding carboxylic acids is 1. The number of ether oxygens (including phenoxy) is 3. The van der Waals surface area contributed by atoms with E-state index in [4.69, 9.17) is 14.2 Å². The second-order valence-electron chi connectivity index (χ2n) is 5.72. The lowest BCUT2D eigenvalue weighted by Gasteiger charge is -2.15. The molecule has 0 aliphatic carbocycles. The van der Waals surface area contributed by atoms with Crippen molar-refractivity contribution in [2.24, 2.45) is 0 Å². The topological polar surface area (TPSA) is 44.8 Å². The van der Waals surface area contributed by atoms with Gasteiger partial charge in [0.25, 0.3) is 0 Å². The molecule has 0 amide bonds. The van der Waals surface area contributed by atoms with Crippen LogP contribution in [0.25, 0.3) is 11.1 Å². The maximum atomic E-state index is 11.1. The Kier molecular flexibility index (Phi) is 5.54. The average molecular weight is 348 g/mol. The van der Waals surface area contributed by atoms with Crippen molar-refractivity contribution in [2.75, 3.05) is 14.2 Å². The van der Waals surface area contributed by atoms with E-state index in [2.05, 4.69) is 0 Å². The van der Waals surface area contributed by atoms with Crippen LogP contribution in [0.1, 0.15) is 15.9 Å². The predicted molar refractivity (Wildman–Crippen MR) is 101 cm³/mol. The van der Waals surface area contributed by atoms with Crippen LogP contribution in [-0.2, 0) is 6.61 Å². The molecule has 0 bridgehead atoms. The van der Waals surface area contributed by atoms with Gasteiger partial charge in [0.05, 0.1) is 19.8 Å². The van der Waals surface area contributed by atoms with Gasteiger partial charge >= 0.3 is 0 Å². The van der Waals surface area contributed by atoms with Gasteiger partial charge in [0.2, 0.25) is 0 Å². The van der Waals surface area contributed by atoms with Gasteiger partial charge in [0.15, 0.2) is 0 Å². The molecule has 0 aliphatic rings. The van der Waals surface area contributed by atoms with Crippen LogP contribution >= 0.6 is 0 Å². The minimum atomic E-state index is 0.505. The van der Waals surface area contributed by atoms with E-state index >= 15 is 0 Å². The fourth-order valence-corrected chi connectivity index (χ4v) is 2.74. The largest absolute Gasteiger partial charge is 0.496 e. The number of benzene rings is 3. The molecule has 0 saturated heterocycles. The Bertz CT molecular complexity index is 845. The SMILES string of the molecule is COc1cc(C=O)cc(OC)c1-c1ccc(OCc2ccccc2)cc1. The average Bonchev–Trinajstić information content (AvgIpc) is 2.72. The summed E-state index contributed by atoms with van der Waals surface area (Å²) in [6, 6.07) is 21.1. The Morgan fingerprint density at radius 2 is 1.46 bits per heavy atom. The number of rotatable bonds is 7. The van der Waals surface area contributed by atoms with E-state index in [0.29, 0.717) is 23.7 Å². The lowest BCUT2D eigenvalue weighted by atomic mass is 10.0. The van der Waals surface area contributed by atoms with Crippen LogP contribution in [0, 0.1) is 0 Å². The number of hydrogen-bond donors (Lipinski definition) is 0. The molecule has 0 aromatic heterocycles. The van der Waals surface area contributed by atoms with Gasteiger partial charge in [-0.2, -0.15) is 0 Å². The second kappa shape index (κ2) is 8.21. The van der Waals surface area contributed by atoms with Gasteiger partial charge in [0.1, 0.15) is 30.1 Å². The first-order chi connectivity index (χ1) is 12.7. The zero-order valence-electron chi connectivity index (χ0n) is 14.8. The lowest BCUT2D eigenvalue weighted by molar-refractivity contribution is 0.112. The van der Waals surface area contributed by atoms with Crippen LogP contribution in [0.3, 0.4) is 0 Å². The first kappa shape index (κ1) is 17.5. The molecular weight excluding hydrogens is 328 g/mol. The number of hydrogen-bond acceptors (Lipinski definition) is 4. The Labute approximate surface area is 153 Å². The van der Waals surface area contributed by atoms with Crippen molar-refractivity contribution in [1.82, 2.24) is 0 Å². The highest BCUT2D eigenvalue weighted by Crippen LogP contribution is 2.39. The summed E-state index contributed by atoms with van der Waals surface area (Å²) in [5.41, 5.74) is 3.34. The summed E-state index contributed by atoms with van der Waals surface area (Å²) in [6.45, 7) is 0.515. The molecule has 4 nitrogen and oxygen atoms in total. The quantitative estimate of drug-likeness (QED) is 0.577. The molecule has 3 rings (SSSR count). The first-order valence-electron chi connectivity index (χ1n) is 8.23. The maximum Gasteiger partial charge on any atom is 0.150 e. The summed E-state index contributed by atoms with van der Waals surface area (Å²) < 4.78 is 16.7. The van der Waals surface area contributed by atoms with Gasteiger partial charge < -0.3 is 14.2 Å². The first-order valence-corrected chi connectivity index (χ1v) is 8.23. The van der Waals surface area contributed by atoms with Gasteiger partial charge in [0, 0.05) is 5.56 Å². The number of methoxy groups -OCH3 is 2. The Balaban J connectivity index is 1.85. The molecule has 0 radical (unpaired) electrons. The van der Waals surface area contributed by atoms with Crippen molar-refractivity contribution >= 4 is 6.29 Å². The normalized spacial score (nSPS) is 10.2. The molecule has 3 aromatic carbocycles. The van der Waals surface area contributed by atoms with Crippen molar-refractivity contribution in [1.29, 1.82) is 0 Å².